The van der Waals surface area contributed by atoms with E-state index < -0.39 is 0 Å². The van der Waals surface area contributed by atoms with E-state index in [0.29, 0.717) is 0 Å². The molecule has 2 nitrogen and oxygen atoms in total. The van der Waals surface area contributed by atoms with Crippen LogP contribution in [0.1, 0.15) is 39.5 Å². The highest BCUT2D eigenvalue weighted by Crippen LogP contribution is 2.53. The number of benzene rings is 1. The maximum absolute atomic E-state index is 2.68. The Morgan fingerprint density at radius 2 is 1.94 bits per heavy atom. The summed E-state index contributed by atoms with van der Waals surface area (Å²) in [6, 6.07) is 9.09. The van der Waals surface area contributed by atoms with Crippen LogP contribution in [0.15, 0.2) is 24.3 Å². The molecule has 0 amide bonds. The summed E-state index contributed by atoms with van der Waals surface area (Å²) >= 11 is 0. The fourth-order valence-corrected chi connectivity index (χ4v) is 3.51. The summed E-state index contributed by atoms with van der Waals surface area (Å²) in [5.74, 6) is 0. The smallest absolute Gasteiger partial charge is 0.220 e. The van der Waals surface area contributed by atoms with Crippen LogP contribution in [0.5, 0.6) is 0 Å². The van der Waals surface area contributed by atoms with Crippen molar-refractivity contribution in [2.45, 2.75) is 45.7 Å². The van der Waals surface area contributed by atoms with Crippen LogP contribution in [0.25, 0.3) is 0 Å². The Hall–Kier alpha value is -1.02. The maximum Gasteiger partial charge on any atom is 0.220 e. The van der Waals surface area contributed by atoms with Crippen LogP contribution in [0.4, 0.5) is 11.4 Å². The van der Waals surface area contributed by atoms with Crippen LogP contribution in [0.2, 0.25) is 0 Å². The van der Waals surface area contributed by atoms with Crippen molar-refractivity contribution in [2.75, 3.05) is 24.5 Å². The second kappa shape index (κ2) is 4.58. The minimum absolute atomic E-state index is 0.764. The molecule has 2 atom stereocenters. The Morgan fingerprint density at radius 3 is 2.72 bits per heavy atom. The third-order valence-electron chi connectivity index (χ3n) is 4.62. The first kappa shape index (κ1) is 12.0. The summed E-state index contributed by atoms with van der Waals surface area (Å²) in [5.41, 5.74) is 3.10. The summed E-state index contributed by atoms with van der Waals surface area (Å²) in [7, 11) is 0. The predicted octanol–water partition coefficient (Wildman–Crippen LogP) is 3.75. The molecular weight excluding hydrogens is 220 g/mol. The van der Waals surface area contributed by atoms with Gasteiger partial charge in [0.15, 0.2) is 12.2 Å². The van der Waals surface area contributed by atoms with Crippen LogP contribution in [0.3, 0.4) is 0 Å². The van der Waals surface area contributed by atoms with E-state index in [1.165, 1.54) is 55.5 Å². The Balaban J connectivity index is 1.86. The normalized spacial score (nSPS) is 28.1. The molecule has 2 aliphatic rings. The number of para-hydroxylation sites is 2. The summed E-state index contributed by atoms with van der Waals surface area (Å²) in [6.07, 6.45) is 6.04. The molecule has 2 heterocycles. The molecule has 0 bridgehead atoms. The molecule has 0 saturated carbocycles. The van der Waals surface area contributed by atoms with Crippen LogP contribution < -0.4 is 9.38 Å². The third kappa shape index (κ3) is 1.66. The van der Waals surface area contributed by atoms with E-state index in [4.69, 9.17) is 0 Å². The van der Waals surface area contributed by atoms with Crippen molar-refractivity contribution in [2.24, 2.45) is 0 Å². The lowest BCUT2D eigenvalue weighted by atomic mass is 10.2. The zero-order valence-corrected chi connectivity index (χ0v) is 11.7. The van der Waals surface area contributed by atoms with Gasteiger partial charge in [0.2, 0.25) is 6.17 Å². The Bertz CT molecular complexity index is 429. The lowest BCUT2D eigenvalue weighted by Gasteiger charge is -2.15. The topological polar surface area (TPSA) is 3.24 Å². The second-order valence-electron chi connectivity index (χ2n) is 5.81. The van der Waals surface area contributed by atoms with Crippen LogP contribution in [0, 0.1) is 0 Å². The highest BCUT2D eigenvalue weighted by Gasteiger charge is 2.65. The highest BCUT2D eigenvalue weighted by molar-refractivity contribution is 5.79. The van der Waals surface area contributed by atoms with Gasteiger partial charge in [0.05, 0.1) is 6.54 Å². The van der Waals surface area contributed by atoms with Crippen molar-refractivity contribution in [1.29, 1.82) is 0 Å². The molecule has 18 heavy (non-hydrogen) atoms. The van der Waals surface area contributed by atoms with Gasteiger partial charge in [-0.1, -0.05) is 38.8 Å². The van der Waals surface area contributed by atoms with E-state index in [1.54, 1.807) is 5.69 Å². The van der Waals surface area contributed by atoms with Crippen molar-refractivity contribution >= 4 is 11.4 Å². The lowest BCUT2D eigenvalue weighted by molar-refractivity contribution is 0.485. The number of rotatable bonds is 6. The zero-order chi connectivity index (χ0) is 12.6. The average Bonchev–Trinajstić information content (AvgIpc) is 3.07. The molecule has 1 aromatic rings. The van der Waals surface area contributed by atoms with Crippen molar-refractivity contribution in [3.05, 3.63) is 24.3 Å². The Morgan fingerprint density at radius 1 is 1.17 bits per heavy atom. The molecule has 0 aliphatic carbocycles. The molecular formula is C16H25N2+. The fourth-order valence-electron chi connectivity index (χ4n) is 3.51. The first-order valence-corrected chi connectivity index (χ1v) is 7.56. The number of quaternary nitrogens is 1. The number of hydrogen-bond acceptors (Lipinski definition) is 1. The molecule has 0 N–H and O–H groups in total. The van der Waals surface area contributed by atoms with Gasteiger partial charge < -0.3 is 4.90 Å². The van der Waals surface area contributed by atoms with Gasteiger partial charge in [-0.15, -0.1) is 0 Å². The van der Waals surface area contributed by atoms with Gasteiger partial charge in [-0.3, -0.25) is 4.48 Å². The molecule has 0 aromatic heterocycles. The minimum atomic E-state index is 0.764. The van der Waals surface area contributed by atoms with E-state index in [1.807, 2.05) is 0 Å². The zero-order valence-electron chi connectivity index (χ0n) is 11.7. The number of hydrogen-bond donors (Lipinski definition) is 0. The molecule has 2 heteroatoms. The van der Waals surface area contributed by atoms with Crippen molar-refractivity contribution < 1.29 is 0 Å². The largest absolute Gasteiger partial charge is 0.312 e. The summed E-state index contributed by atoms with van der Waals surface area (Å²) < 4.78 is 1.26. The average molecular weight is 245 g/mol. The van der Waals surface area contributed by atoms with Crippen molar-refractivity contribution in [3.63, 3.8) is 0 Å². The van der Waals surface area contributed by atoms with Crippen LogP contribution >= 0.6 is 0 Å². The number of nitrogens with zero attached hydrogens (tertiary/aromatic N) is 2. The van der Waals surface area contributed by atoms with E-state index in [9.17, 15) is 0 Å². The van der Waals surface area contributed by atoms with Crippen molar-refractivity contribution in [3.8, 4) is 0 Å². The van der Waals surface area contributed by atoms with E-state index in [0.717, 1.165) is 6.17 Å². The van der Waals surface area contributed by atoms with E-state index >= 15 is 0 Å². The number of anilines is 1. The standard InChI is InChI=1S/C16H25N2/c1-3-5-11-17-14-9-7-8-10-15(14)18(12-6-4-2)13-16(17)18/h7-10,16H,3-6,11-13H2,1-2H3/q+1. The van der Waals surface area contributed by atoms with Gasteiger partial charge in [-0.2, -0.15) is 0 Å². The van der Waals surface area contributed by atoms with Gasteiger partial charge in [0.25, 0.3) is 0 Å². The molecule has 0 spiro atoms. The first-order chi connectivity index (χ1) is 8.83. The second-order valence-corrected chi connectivity index (χ2v) is 5.81. The van der Waals surface area contributed by atoms with Gasteiger partial charge in [0.1, 0.15) is 5.69 Å². The predicted molar refractivity (Wildman–Crippen MR) is 78.9 cm³/mol. The van der Waals surface area contributed by atoms with E-state index in [-0.39, 0.29) is 0 Å². The van der Waals surface area contributed by atoms with E-state index in [2.05, 4.69) is 43.0 Å². The molecule has 98 valence electrons. The molecule has 2 aliphatic heterocycles. The lowest BCUT2D eigenvalue weighted by Crippen LogP contribution is -2.33. The molecule has 2 unspecified atom stereocenters. The molecule has 3 rings (SSSR count). The number of fused-ring (bicyclic) bond motifs is 3. The van der Waals surface area contributed by atoms with Gasteiger partial charge >= 0.3 is 0 Å². The number of unbranched alkanes of at least 4 members (excludes halogenated alkanes) is 2. The van der Waals surface area contributed by atoms with Gasteiger partial charge in [0, 0.05) is 12.6 Å². The van der Waals surface area contributed by atoms with Crippen LogP contribution in [-0.4, -0.2) is 25.8 Å². The highest BCUT2D eigenvalue weighted by atomic mass is 15.7. The van der Waals surface area contributed by atoms with Crippen molar-refractivity contribution in [1.82, 2.24) is 4.48 Å². The van der Waals surface area contributed by atoms with Gasteiger partial charge in [-0.25, -0.2) is 0 Å². The monoisotopic (exact) mass is 245 g/mol. The SMILES string of the molecule is CCCCN1c2ccccc2[N+]2(CCCC)CC12. The minimum Gasteiger partial charge on any atom is -0.312 e. The molecule has 1 fully saturated rings. The summed E-state index contributed by atoms with van der Waals surface area (Å²) in [5, 5.41) is 0. The fraction of sp³-hybridized carbons (Fsp3) is 0.625. The third-order valence-corrected chi connectivity index (χ3v) is 4.62. The first-order valence-electron chi connectivity index (χ1n) is 7.56. The Labute approximate surface area is 111 Å². The summed E-state index contributed by atoms with van der Waals surface area (Å²) in [4.78, 5) is 2.68. The Kier molecular flexibility index (Phi) is 3.06. The van der Waals surface area contributed by atoms with Crippen LogP contribution in [-0.2, 0) is 0 Å². The maximum atomic E-state index is 2.68. The van der Waals surface area contributed by atoms with Gasteiger partial charge in [-0.05, 0) is 18.9 Å². The summed E-state index contributed by atoms with van der Waals surface area (Å²) in [6.45, 7) is 8.51. The quantitative estimate of drug-likeness (QED) is 0.545. The molecule has 1 saturated heterocycles. The molecule has 1 aromatic carbocycles. The molecule has 0 radical (unpaired) electrons.